The first-order valence-corrected chi connectivity index (χ1v) is 8.03. The third-order valence-corrected chi connectivity index (χ3v) is 3.82. The number of para-hydroxylation sites is 1. The summed E-state index contributed by atoms with van der Waals surface area (Å²) in [4.78, 5) is 38.4. The van der Waals surface area contributed by atoms with Crippen molar-refractivity contribution >= 4 is 35.1 Å². The summed E-state index contributed by atoms with van der Waals surface area (Å²) in [7, 11) is 0. The monoisotopic (exact) mass is 332 g/mol. The van der Waals surface area contributed by atoms with Crippen LogP contribution in [0.1, 0.15) is 27.8 Å². The number of aromatic nitrogens is 1. The lowest BCUT2D eigenvalue weighted by molar-refractivity contribution is -0.119. The van der Waals surface area contributed by atoms with Gasteiger partial charge in [0.1, 0.15) is 5.69 Å². The quantitative estimate of drug-likeness (QED) is 0.482. The Kier molecular flexibility index (Phi) is 5.59. The van der Waals surface area contributed by atoms with Crippen LogP contribution in [0.5, 0.6) is 0 Å². The predicted octanol–water partition coefficient (Wildman–Crippen LogP) is 2.73. The van der Waals surface area contributed by atoms with Crippen LogP contribution in [0, 0.1) is 0 Å². The number of ketones is 1. The van der Waals surface area contributed by atoms with Crippen molar-refractivity contribution in [3.8, 4) is 0 Å². The fourth-order valence-electron chi connectivity index (χ4n) is 1.86. The number of H-pyrrole nitrogens is 1. The maximum absolute atomic E-state index is 11.9. The Morgan fingerprint density at radius 1 is 1.26 bits per heavy atom. The summed E-state index contributed by atoms with van der Waals surface area (Å²) in [5.74, 6) is -1.28. The second kappa shape index (κ2) is 7.64. The molecule has 7 heteroatoms. The maximum atomic E-state index is 11.9. The van der Waals surface area contributed by atoms with Crippen molar-refractivity contribution in [2.45, 2.75) is 11.8 Å². The first kappa shape index (κ1) is 16.8. The van der Waals surface area contributed by atoms with E-state index in [0.29, 0.717) is 11.3 Å². The summed E-state index contributed by atoms with van der Waals surface area (Å²) in [5.41, 5.74) is 1.18. The molecular formula is C16H16N2O4S. The van der Waals surface area contributed by atoms with Gasteiger partial charge in [0, 0.05) is 16.7 Å². The number of aromatic amines is 1. The number of benzene rings is 1. The van der Waals surface area contributed by atoms with E-state index in [1.807, 2.05) is 24.5 Å². The highest BCUT2D eigenvalue weighted by Gasteiger charge is 2.14. The standard InChI is InChI=1S/C16H16N2O4S/c1-10(19)11-7-13(17-8-11)16(21)22-9-15(20)18-12-5-3-4-6-14(12)23-2/h3-8,17H,9H2,1-2H3,(H,18,20). The minimum absolute atomic E-state index is 0.132. The fraction of sp³-hybridized carbons (Fsp3) is 0.188. The molecule has 2 rings (SSSR count). The van der Waals surface area contributed by atoms with E-state index in [1.165, 1.54) is 30.9 Å². The molecule has 0 bridgehead atoms. The van der Waals surface area contributed by atoms with Crippen molar-refractivity contribution < 1.29 is 19.1 Å². The summed E-state index contributed by atoms with van der Waals surface area (Å²) < 4.78 is 4.93. The van der Waals surface area contributed by atoms with Gasteiger partial charge >= 0.3 is 5.97 Å². The Hall–Kier alpha value is -2.54. The highest BCUT2D eigenvalue weighted by Crippen LogP contribution is 2.24. The molecular weight excluding hydrogens is 316 g/mol. The molecule has 0 aliphatic carbocycles. The first-order valence-electron chi connectivity index (χ1n) is 6.80. The van der Waals surface area contributed by atoms with Crippen molar-refractivity contribution in [1.29, 1.82) is 0 Å². The SMILES string of the molecule is CSc1ccccc1NC(=O)COC(=O)c1cc(C(C)=O)c[nH]1. The third kappa shape index (κ3) is 4.46. The van der Waals surface area contributed by atoms with Gasteiger partial charge in [-0.15, -0.1) is 11.8 Å². The van der Waals surface area contributed by atoms with Gasteiger partial charge in [-0.1, -0.05) is 12.1 Å². The zero-order valence-corrected chi connectivity index (χ0v) is 13.5. The van der Waals surface area contributed by atoms with Crippen LogP contribution >= 0.6 is 11.8 Å². The smallest absolute Gasteiger partial charge is 0.355 e. The highest BCUT2D eigenvalue weighted by molar-refractivity contribution is 7.98. The molecule has 2 N–H and O–H groups in total. The Bertz CT molecular complexity index is 739. The zero-order valence-electron chi connectivity index (χ0n) is 12.7. The Morgan fingerprint density at radius 3 is 2.65 bits per heavy atom. The van der Waals surface area contributed by atoms with Gasteiger partial charge in [-0.3, -0.25) is 9.59 Å². The largest absolute Gasteiger partial charge is 0.451 e. The van der Waals surface area contributed by atoms with Crippen LogP contribution in [0.15, 0.2) is 41.4 Å². The lowest BCUT2D eigenvalue weighted by Gasteiger charge is -2.09. The number of rotatable bonds is 6. The number of nitrogens with one attached hydrogen (secondary N) is 2. The first-order chi connectivity index (χ1) is 11.0. The molecule has 0 unspecified atom stereocenters. The van der Waals surface area contributed by atoms with Crippen LogP contribution in [-0.4, -0.2) is 35.5 Å². The fourth-order valence-corrected chi connectivity index (χ4v) is 2.41. The van der Waals surface area contributed by atoms with Crippen LogP contribution in [0.25, 0.3) is 0 Å². The van der Waals surface area contributed by atoms with E-state index in [2.05, 4.69) is 10.3 Å². The number of ether oxygens (including phenoxy) is 1. The van der Waals surface area contributed by atoms with Gasteiger partial charge < -0.3 is 15.0 Å². The maximum Gasteiger partial charge on any atom is 0.355 e. The zero-order chi connectivity index (χ0) is 16.8. The Balaban J connectivity index is 1.90. The molecule has 1 amide bonds. The summed E-state index contributed by atoms with van der Waals surface area (Å²) >= 11 is 1.50. The summed E-state index contributed by atoms with van der Waals surface area (Å²) in [6.07, 6.45) is 3.33. The summed E-state index contributed by atoms with van der Waals surface area (Å²) in [6, 6.07) is 8.73. The number of Topliss-reactive ketones (excluding diaryl/α,β-unsaturated/α-hetero) is 1. The normalized spacial score (nSPS) is 10.2. The number of hydrogen-bond donors (Lipinski definition) is 2. The molecule has 0 saturated heterocycles. The Morgan fingerprint density at radius 2 is 2.00 bits per heavy atom. The van der Waals surface area contributed by atoms with E-state index >= 15 is 0 Å². The van der Waals surface area contributed by atoms with E-state index in [0.717, 1.165) is 4.90 Å². The number of hydrogen-bond acceptors (Lipinski definition) is 5. The van der Waals surface area contributed by atoms with Gasteiger partial charge in [-0.05, 0) is 31.4 Å². The van der Waals surface area contributed by atoms with E-state index in [9.17, 15) is 14.4 Å². The van der Waals surface area contributed by atoms with Gasteiger partial charge in [-0.25, -0.2) is 4.79 Å². The summed E-state index contributed by atoms with van der Waals surface area (Å²) in [5, 5.41) is 2.69. The van der Waals surface area contributed by atoms with E-state index < -0.39 is 18.5 Å². The second-order valence-electron chi connectivity index (χ2n) is 4.68. The van der Waals surface area contributed by atoms with Crippen LogP contribution in [0.3, 0.4) is 0 Å². The molecule has 0 aliphatic rings. The molecule has 120 valence electrons. The number of esters is 1. The van der Waals surface area contributed by atoms with E-state index in [-0.39, 0.29) is 11.5 Å². The number of thioether (sulfide) groups is 1. The van der Waals surface area contributed by atoms with E-state index in [1.54, 1.807) is 6.07 Å². The molecule has 6 nitrogen and oxygen atoms in total. The van der Waals surface area contributed by atoms with Gasteiger partial charge in [0.05, 0.1) is 5.69 Å². The Labute approximate surface area is 137 Å². The van der Waals surface area contributed by atoms with Crippen molar-refractivity contribution in [2.75, 3.05) is 18.2 Å². The number of carbonyl (C=O) groups excluding carboxylic acids is 3. The van der Waals surface area contributed by atoms with Crippen molar-refractivity contribution in [3.63, 3.8) is 0 Å². The summed E-state index contributed by atoms with van der Waals surface area (Å²) in [6.45, 7) is 0.991. The molecule has 0 saturated carbocycles. The molecule has 1 aromatic heterocycles. The van der Waals surface area contributed by atoms with Crippen LogP contribution < -0.4 is 5.32 Å². The van der Waals surface area contributed by atoms with Crippen LogP contribution in [0.2, 0.25) is 0 Å². The minimum Gasteiger partial charge on any atom is -0.451 e. The molecule has 1 aromatic carbocycles. The molecule has 2 aromatic rings. The number of anilines is 1. The van der Waals surface area contributed by atoms with Gasteiger partial charge in [0.25, 0.3) is 5.91 Å². The lowest BCUT2D eigenvalue weighted by atomic mass is 10.2. The number of amides is 1. The van der Waals surface area contributed by atoms with Crippen molar-refractivity contribution in [1.82, 2.24) is 4.98 Å². The highest BCUT2D eigenvalue weighted by atomic mass is 32.2. The average molecular weight is 332 g/mol. The van der Waals surface area contributed by atoms with Crippen LogP contribution in [-0.2, 0) is 9.53 Å². The third-order valence-electron chi connectivity index (χ3n) is 3.02. The number of carbonyl (C=O) groups is 3. The molecule has 1 heterocycles. The van der Waals surface area contributed by atoms with Gasteiger partial charge in [0.15, 0.2) is 12.4 Å². The van der Waals surface area contributed by atoms with Gasteiger partial charge in [-0.2, -0.15) is 0 Å². The molecule has 0 spiro atoms. The van der Waals surface area contributed by atoms with Crippen molar-refractivity contribution in [3.05, 3.63) is 47.8 Å². The lowest BCUT2D eigenvalue weighted by Crippen LogP contribution is -2.21. The second-order valence-corrected chi connectivity index (χ2v) is 5.53. The molecule has 0 fully saturated rings. The molecule has 0 atom stereocenters. The predicted molar refractivity (Wildman–Crippen MR) is 87.9 cm³/mol. The molecule has 0 aliphatic heterocycles. The van der Waals surface area contributed by atoms with E-state index in [4.69, 9.17) is 4.74 Å². The van der Waals surface area contributed by atoms with Crippen LogP contribution in [0.4, 0.5) is 5.69 Å². The topological polar surface area (TPSA) is 88.3 Å². The van der Waals surface area contributed by atoms with Gasteiger partial charge in [0.2, 0.25) is 0 Å². The minimum atomic E-state index is -0.689. The average Bonchev–Trinajstić information content (AvgIpc) is 3.03. The molecule has 23 heavy (non-hydrogen) atoms. The van der Waals surface area contributed by atoms with Crippen molar-refractivity contribution in [2.24, 2.45) is 0 Å². The molecule has 0 radical (unpaired) electrons.